The molecule has 0 aliphatic carbocycles. The minimum Gasteiger partial charge on any atom is -0.352 e. The molecule has 2 atom stereocenters. The zero-order valence-electron chi connectivity index (χ0n) is 20.1. The van der Waals surface area contributed by atoms with Crippen LogP contribution in [0.1, 0.15) is 39.2 Å². The van der Waals surface area contributed by atoms with Gasteiger partial charge >= 0.3 is 0 Å². The van der Waals surface area contributed by atoms with Crippen molar-refractivity contribution < 1.29 is 22.4 Å². The molecule has 0 aromatic heterocycles. The summed E-state index contributed by atoms with van der Waals surface area (Å²) in [6.07, 6.45) is 1.87. The van der Waals surface area contributed by atoms with Crippen LogP contribution in [0, 0.1) is 5.82 Å². The topological polar surface area (TPSA) is 86.8 Å². The molecule has 2 aromatic rings. The van der Waals surface area contributed by atoms with Gasteiger partial charge in [-0.2, -0.15) is 0 Å². The van der Waals surface area contributed by atoms with Crippen LogP contribution < -0.4 is 9.62 Å². The molecule has 2 aromatic carbocycles. The quantitative estimate of drug-likeness (QED) is 0.446. The van der Waals surface area contributed by atoms with Gasteiger partial charge in [-0.3, -0.25) is 13.9 Å². The minimum absolute atomic E-state index is 0.00585. The highest BCUT2D eigenvalue weighted by molar-refractivity contribution is 7.92. The molecule has 0 bridgehead atoms. The number of benzene rings is 2. The van der Waals surface area contributed by atoms with Gasteiger partial charge in [-0.25, -0.2) is 12.8 Å². The normalized spacial score (nSPS) is 13.1. The molecule has 1 N–H and O–H groups in total. The van der Waals surface area contributed by atoms with Crippen LogP contribution in [0.2, 0.25) is 10.0 Å². The number of anilines is 1. The van der Waals surface area contributed by atoms with Gasteiger partial charge in [0.05, 0.1) is 11.9 Å². The van der Waals surface area contributed by atoms with Crippen LogP contribution in [0.15, 0.2) is 42.5 Å². The summed E-state index contributed by atoms with van der Waals surface area (Å²) in [6, 6.07) is 8.77. The summed E-state index contributed by atoms with van der Waals surface area (Å²) in [5.74, 6) is -1.69. The smallest absolute Gasteiger partial charge is 0.244 e. The molecule has 0 fully saturated rings. The van der Waals surface area contributed by atoms with Crippen LogP contribution in [-0.4, -0.2) is 50.0 Å². The number of hydrogen-bond acceptors (Lipinski definition) is 4. The lowest BCUT2D eigenvalue weighted by Crippen LogP contribution is -2.53. The van der Waals surface area contributed by atoms with Crippen LogP contribution in [0.5, 0.6) is 0 Å². The molecule has 0 aliphatic heterocycles. The van der Waals surface area contributed by atoms with Crippen molar-refractivity contribution in [3.05, 3.63) is 63.9 Å². The number of carbonyl (C=O) groups is 2. The molecule has 0 aliphatic rings. The molecule has 2 amide bonds. The Bertz CT molecular complexity index is 1140. The lowest BCUT2D eigenvalue weighted by molar-refractivity contribution is -0.140. The molecular weight excluding hydrogens is 516 g/mol. The maximum atomic E-state index is 13.8. The summed E-state index contributed by atoms with van der Waals surface area (Å²) >= 11 is 12.7. The summed E-state index contributed by atoms with van der Waals surface area (Å²) in [6.45, 7) is 4.75. The first-order chi connectivity index (χ1) is 16.4. The zero-order valence-corrected chi connectivity index (χ0v) is 22.4. The second kappa shape index (κ2) is 12.6. The maximum Gasteiger partial charge on any atom is 0.244 e. The van der Waals surface area contributed by atoms with Crippen molar-refractivity contribution in [2.45, 2.75) is 52.2 Å². The van der Waals surface area contributed by atoms with E-state index in [2.05, 4.69) is 5.32 Å². The molecule has 192 valence electrons. The maximum absolute atomic E-state index is 13.8. The number of sulfonamides is 1. The predicted octanol–water partition coefficient (Wildman–Crippen LogP) is 4.62. The van der Waals surface area contributed by atoms with Crippen molar-refractivity contribution in [1.82, 2.24) is 10.2 Å². The van der Waals surface area contributed by atoms with E-state index in [4.69, 9.17) is 23.2 Å². The fourth-order valence-corrected chi connectivity index (χ4v) is 4.82. The molecule has 35 heavy (non-hydrogen) atoms. The van der Waals surface area contributed by atoms with Crippen LogP contribution in [0.25, 0.3) is 0 Å². The van der Waals surface area contributed by atoms with E-state index < -0.39 is 34.3 Å². The lowest BCUT2D eigenvalue weighted by Gasteiger charge is -2.33. The van der Waals surface area contributed by atoms with Crippen molar-refractivity contribution in [1.29, 1.82) is 0 Å². The number of halogens is 3. The number of nitrogens with one attached hydrogen (secondary N) is 1. The van der Waals surface area contributed by atoms with Gasteiger partial charge in [-0.05, 0) is 50.1 Å². The molecule has 0 saturated carbocycles. The molecule has 0 heterocycles. The average molecular weight is 546 g/mol. The highest BCUT2D eigenvalue weighted by Crippen LogP contribution is 2.28. The van der Waals surface area contributed by atoms with E-state index in [1.54, 1.807) is 25.1 Å². The van der Waals surface area contributed by atoms with Gasteiger partial charge in [0, 0.05) is 28.2 Å². The Labute approximate surface area is 216 Å². The SMILES string of the molecule is CC[C@@H](C)NC(=O)[C@@H](CC)N(Cc1c(Cl)cccc1Cl)C(=O)CN(c1cccc(F)c1)S(C)(=O)=O. The lowest BCUT2D eigenvalue weighted by atomic mass is 10.1. The fraction of sp³-hybridized carbons (Fsp3) is 0.417. The second-order valence-corrected chi connectivity index (χ2v) is 10.9. The van der Waals surface area contributed by atoms with E-state index in [1.165, 1.54) is 23.1 Å². The Morgan fingerprint density at radius 1 is 1.06 bits per heavy atom. The summed E-state index contributed by atoms with van der Waals surface area (Å²) in [5.41, 5.74) is 0.421. The number of amides is 2. The Morgan fingerprint density at radius 2 is 1.66 bits per heavy atom. The van der Waals surface area contributed by atoms with Crippen LogP contribution in [-0.2, 0) is 26.2 Å². The molecule has 2 rings (SSSR count). The third-order valence-electron chi connectivity index (χ3n) is 5.55. The van der Waals surface area contributed by atoms with E-state index in [-0.39, 0.29) is 30.6 Å². The standard InChI is InChI=1S/C24H30Cl2FN3O4S/c1-5-16(3)28-24(32)22(6-2)29(14-19-20(25)11-8-12-21(19)26)23(31)15-30(35(4,33)34)18-10-7-9-17(27)13-18/h7-13,16,22H,5-6,14-15H2,1-4H3,(H,28,32)/t16-,22-/m1/s1. The van der Waals surface area contributed by atoms with Crippen molar-refractivity contribution in [3.8, 4) is 0 Å². The van der Waals surface area contributed by atoms with E-state index >= 15 is 0 Å². The van der Waals surface area contributed by atoms with Gasteiger partial charge in [0.15, 0.2) is 0 Å². The van der Waals surface area contributed by atoms with Gasteiger partial charge < -0.3 is 10.2 Å². The van der Waals surface area contributed by atoms with E-state index in [0.29, 0.717) is 22.0 Å². The number of nitrogens with zero attached hydrogens (tertiary/aromatic N) is 2. The number of hydrogen-bond donors (Lipinski definition) is 1. The van der Waals surface area contributed by atoms with Crippen LogP contribution in [0.4, 0.5) is 10.1 Å². The number of carbonyl (C=O) groups excluding carboxylic acids is 2. The van der Waals surface area contributed by atoms with Gasteiger partial charge in [0.2, 0.25) is 21.8 Å². The molecule has 0 radical (unpaired) electrons. The first-order valence-corrected chi connectivity index (χ1v) is 13.7. The Hall–Kier alpha value is -2.36. The van der Waals surface area contributed by atoms with E-state index in [9.17, 15) is 22.4 Å². The summed E-state index contributed by atoms with van der Waals surface area (Å²) in [4.78, 5) is 28.0. The minimum atomic E-state index is -3.96. The van der Waals surface area contributed by atoms with Crippen molar-refractivity contribution in [2.75, 3.05) is 17.1 Å². The van der Waals surface area contributed by atoms with Crippen LogP contribution >= 0.6 is 23.2 Å². The van der Waals surface area contributed by atoms with Crippen LogP contribution in [0.3, 0.4) is 0 Å². The highest BCUT2D eigenvalue weighted by Gasteiger charge is 2.33. The zero-order chi connectivity index (χ0) is 26.3. The highest BCUT2D eigenvalue weighted by atomic mass is 35.5. The molecule has 0 saturated heterocycles. The number of rotatable bonds is 11. The first-order valence-electron chi connectivity index (χ1n) is 11.1. The fourth-order valence-electron chi connectivity index (χ4n) is 3.46. The van der Waals surface area contributed by atoms with E-state index in [0.717, 1.165) is 16.6 Å². The molecule has 0 spiro atoms. The first kappa shape index (κ1) is 28.9. The molecule has 11 heteroatoms. The monoisotopic (exact) mass is 545 g/mol. The summed E-state index contributed by atoms with van der Waals surface area (Å²) in [7, 11) is -3.96. The Morgan fingerprint density at radius 3 is 2.17 bits per heavy atom. The summed E-state index contributed by atoms with van der Waals surface area (Å²) in [5, 5.41) is 3.48. The van der Waals surface area contributed by atoms with E-state index in [1.807, 2.05) is 13.8 Å². The third-order valence-corrected chi connectivity index (χ3v) is 7.40. The Kier molecular flexibility index (Phi) is 10.4. The van der Waals surface area contributed by atoms with Crippen molar-refractivity contribution in [3.63, 3.8) is 0 Å². The van der Waals surface area contributed by atoms with Gasteiger partial charge in [0.25, 0.3) is 0 Å². The van der Waals surface area contributed by atoms with Gasteiger partial charge in [-0.15, -0.1) is 0 Å². The summed E-state index contributed by atoms with van der Waals surface area (Å²) < 4.78 is 39.7. The van der Waals surface area contributed by atoms with Crippen molar-refractivity contribution in [2.24, 2.45) is 0 Å². The second-order valence-electron chi connectivity index (χ2n) is 8.21. The largest absolute Gasteiger partial charge is 0.352 e. The molecule has 7 nitrogen and oxygen atoms in total. The van der Waals surface area contributed by atoms with Gasteiger partial charge in [0.1, 0.15) is 18.4 Å². The predicted molar refractivity (Wildman–Crippen MR) is 138 cm³/mol. The third kappa shape index (κ3) is 7.81. The molecular formula is C24H30Cl2FN3O4S. The van der Waals surface area contributed by atoms with Gasteiger partial charge in [-0.1, -0.05) is 49.2 Å². The van der Waals surface area contributed by atoms with Crippen molar-refractivity contribution >= 4 is 50.7 Å². The Balaban J connectivity index is 2.50. The molecule has 0 unspecified atom stereocenters. The average Bonchev–Trinajstić information content (AvgIpc) is 2.78.